The molecule has 3 aliphatic rings. The number of para-hydroxylation sites is 1. The molecule has 2 aliphatic heterocycles. The Kier molecular flexibility index (Phi) is 8.32. The van der Waals surface area contributed by atoms with E-state index in [9.17, 15) is 28.1 Å². The van der Waals surface area contributed by atoms with Gasteiger partial charge in [-0.05, 0) is 77.8 Å². The molecule has 0 radical (unpaired) electrons. The lowest BCUT2D eigenvalue weighted by Gasteiger charge is -2.33. The molecule has 2 saturated heterocycles. The predicted molar refractivity (Wildman–Crippen MR) is 173 cm³/mol. The number of ether oxygens (including phenoxy) is 3. The van der Waals surface area contributed by atoms with Gasteiger partial charge in [0.2, 0.25) is 0 Å². The first-order valence-corrected chi connectivity index (χ1v) is 18.1. The van der Waals surface area contributed by atoms with Crippen molar-refractivity contribution in [2.75, 3.05) is 12.9 Å². The lowest BCUT2D eigenvalue weighted by molar-refractivity contribution is -0.123. The number of rotatable bonds is 11. The number of aryl methyl sites for hydroxylation is 1. The normalized spacial score (nSPS) is 22.8. The zero-order valence-electron chi connectivity index (χ0n) is 26.7. The van der Waals surface area contributed by atoms with Crippen LogP contribution in [0.15, 0.2) is 33.9 Å². The quantitative estimate of drug-likeness (QED) is 0.294. The van der Waals surface area contributed by atoms with Crippen molar-refractivity contribution in [1.82, 2.24) is 9.13 Å². The molecule has 0 N–H and O–H groups in total. The van der Waals surface area contributed by atoms with E-state index >= 15 is 0 Å². The van der Waals surface area contributed by atoms with Crippen LogP contribution in [0.1, 0.15) is 81.4 Å². The average Bonchev–Trinajstić information content (AvgIpc) is 3.57. The van der Waals surface area contributed by atoms with Gasteiger partial charge in [0, 0.05) is 5.56 Å². The van der Waals surface area contributed by atoms with Crippen molar-refractivity contribution in [3.63, 3.8) is 0 Å². The minimum atomic E-state index is -3.81. The topological polar surface area (TPSA) is 147 Å². The summed E-state index contributed by atoms with van der Waals surface area (Å²) in [6.45, 7) is 6.00. The van der Waals surface area contributed by atoms with Crippen molar-refractivity contribution in [3.05, 3.63) is 61.1 Å². The number of fused-ring (bicyclic) bond motifs is 3. The third kappa shape index (κ3) is 5.53. The van der Waals surface area contributed by atoms with Crippen LogP contribution in [0, 0.1) is 18.3 Å². The Morgan fingerprint density at radius 1 is 1.20 bits per heavy atom. The summed E-state index contributed by atoms with van der Waals surface area (Å²) in [6, 6.07) is 9.49. The van der Waals surface area contributed by atoms with E-state index in [1.807, 2.05) is 24.3 Å². The minimum Gasteiger partial charge on any atom is -0.496 e. The number of carbonyl (C=O) groups is 1. The molecule has 4 heterocycles. The maximum Gasteiger partial charge on any atom is 0.333 e. The van der Waals surface area contributed by atoms with Crippen LogP contribution >= 0.6 is 11.3 Å². The molecule has 246 valence electrons. The monoisotopic (exact) mass is 669 g/mol. The van der Waals surface area contributed by atoms with E-state index in [1.165, 1.54) is 18.4 Å². The van der Waals surface area contributed by atoms with Gasteiger partial charge < -0.3 is 14.2 Å². The number of hydrogen-bond donors (Lipinski definition) is 0. The van der Waals surface area contributed by atoms with Crippen LogP contribution < -0.4 is 16.0 Å². The van der Waals surface area contributed by atoms with E-state index in [1.54, 1.807) is 21.0 Å². The standard InChI is InChI=1S/C33H39N3O8S2/c1-19-26(16-34)45-30-28(19)29(38)36(32(2,3)27(37)18-46(40,41)33(4)12-13-33)31(39)35(30)17-25(23-8-6-7-9-24(23)42-5)44-22-14-20-10-11-21(15-22)43-20/h6-9,20-22,25H,10-15,17-18H2,1-5H3/t20-,21+,22?,25-/m0/s1. The number of thiophene rings is 1. The van der Waals surface area contributed by atoms with Gasteiger partial charge in [-0.15, -0.1) is 11.3 Å². The fraction of sp³-hybridized carbons (Fsp3) is 0.576. The third-order valence-electron chi connectivity index (χ3n) is 10.0. The van der Waals surface area contributed by atoms with Crippen molar-refractivity contribution < 1.29 is 27.4 Å². The van der Waals surface area contributed by atoms with Crippen molar-refractivity contribution in [3.8, 4) is 11.8 Å². The smallest absolute Gasteiger partial charge is 0.333 e. The molecule has 2 bridgehead atoms. The summed E-state index contributed by atoms with van der Waals surface area (Å²) in [6.07, 6.45) is 3.65. The van der Waals surface area contributed by atoms with E-state index in [0.717, 1.165) is 28.7 Å². The average molecular weight is 670 g/mol. The van der Waals surface area contributed by atoms with Crippen LogP contribution in [-0.2, 0) is 36.2 Å². The Morgan fingerprint density at radius 2 is 1.85 bits per heavy atom. The first-order valence-electron chi connectivity index (χ1n) is 15.6. The number of sulfone groups is 1. The number of nitrogens with zero attached hydrogens (tertiary/aromatic N) is 3. The second-order valence-electron chi connectivity index (χ2n) is 13.5. The summed E-state index contributed by atoms with van der Waals surface area (Å²) in [5.74, 6) is -0.977. The highest BCUT2D eigenvalue weighted by Gasteiger charge is 2.52. The van der Waals surface area contributed by atoms with Gasteiger partial charge >= 0.3 is 5.69 Å². The highest BCUT2D eigenvalue weighted by Crippen LogP contribution is 2.44. The maximum atomic E-state index is 14.5. The summed E-state index contributed by atoms with van der Waals surface area (Å²) < 4.78 is 45.9. The highest BCUT2D eigenvalue weighted by atomic mass is 32.2. The summed E-state index contributed by atoms with van der Waals surface area (Å²) >= 11 is 1.03. The molecule has 3 fully saturated rings. The Morgan fingerprint density at radius 3 is 2.46 bits per heavy atom. The van der Waals surface area contributed by atoms with Gasteiger partial charge in [0.1, 0.15) is 38.9 Å². The zero-order chi connectivity index (χ0) is 33.2. The van der Waals surface area contributed by atoms with E-state index in [-0.39, 0.29) is 40.0 Å². The number of nitriles is 1. The van der Waals surface area contributed by atoms with E-state index in [4.69, 9.17) is 14.2 Å². The van der Waals surface area contributed by atoms with Crippen molar-refractivity contribution in [2.24, 2.45) is 0 Å². The van der Waals surface area contributed by atoms with E-state index < -0.39 is 49.0 Å². The van der Waals surface area contributed by atoms with Crippen molar-refractivity contribution >= 4 is 37.2 Å². The number of benzene rings is 1. The van der Waals surface area contributed by atoms with Gasteiger partial charge in [-0.1, -0.05) is 18.2 Å². The Balaban J connectivity index is 1.49. The molecule has 6 rings (SSSR count). The molecule has 11 nitrogen and oxygen atoms in total. The fourth-order valence-corrected chi connectivity index (χ4v) is 9.58. The first-order chi connectivity index (χ1) is 21.7. The summed E-state index contributed by atoms with van der Waals surface area (Å²) in [7, 11) is -2.25. The number of methoxy groups -OCH3 is 1. The minimum absolute atomic E-state index is 0.0475. The third-order valence-corrected chi connectivity index (χ3v) is 13.8. The summed E-state index contributed by atoms with van der Waals surface area (Å²) in [5, 5.41) is 10.0. The molecule has 0 amide bonds. The summed E-state index contributed by atoms with van der Waals surface area (Å²) in [5.41, 5.74) is -2.23. The number of Topliss-reactive ketones (excluding diaryl/α,β-unsaturated/α-hetero) is 1. The molecule has 1 aromatic carbocycles. The molecule has 3 aromatic rings. The van der Waals surface area contributed by atoms with Gasteiger partial charge in [0.15, 0.2) is 15.6 Å². The Labute approximate surface area is 271 Å². The van der Waals surface area contributed by atoms with Gasteiger partial charge in [0.05, 0.1) is 42.1 Å². The van der Waals surface area contributed by atoms with Crippen LogP contribution in [0.2, 0.25) is 0 Å². The number of hydrogen-bond acceptors (Lipinski definition) is 10. The number of carbonyl (C=O) groups excluding carboxylic acids is 1. The van der Waals surface area contributed by atoms with Gasteiger partial charge in [0.25, 0.3) is 5.56 Å². The molecule has 4 atom stereocenters. The fourth-order valence-electron chi connectivity index (χ4n) is 6.71. The van der Waals surface area contributed by atoms with E-state index in [0.29, 0.717) is 42.6 Å². The highest BCUT2D eigenvalue weighted by molar-refractivity contribution is 7.93. The summed E-state index contributed by atoms with van der Waals surface area (Å²) in [4.78, 5) is 42.9. The molecule has 46 heavy (non-hydrogen) atoms. The zero-order valence-corrected chi connectivity index (χ0v) is 28.3. The second-order valence-corrected chi connectivity index (χ2v) is 17.0. The molecular formula is C33H39N3O8S2. The number of aromatic nitrogens is 2. The van der Waals surface area contributed by atoms with Crippen LogP contribution in [0.25, 0.3) is 10.2 Å². The molecule has 1 unspecified atom stereocenters. The van der Waals surface area contributed by atoms with Gasteiger partial charge in [-0.3, -0.25) is 14.2 Å². The molecular weight excluding hydrogens is 631 g/mol. The van der Waals surface area contributed by atoms with Gasteiger partial charge in [-0.2, -0.15) is 5.26 Å². The lowest BCUT2D eigenvalue weighted by atomic mass is 9.99. The first kappa shape index (κ1) is 32.6. The predicted octanol–water partition coefficient (Wildman–Crippen LogP) is 4.15. The SMILES string of the molecule is COc1ccccc1[C@H](Cn1c(=O)n(C(C)(C)C(=O)CS(=O)(=O)C2(C)CC2)c(=O)c2c(C)c(C#N)sc21)OC1C[C@H]2CC[C@@H](C1)O2. The van der Waals surface area contributed by atoms with Crippen molar-refractivity contribution in [2.45, 2.75) is 107 Å². The molecule has 2 aromatic heterocycles. The van der Waals surface area contributed by atoms with Crippen LogP contribution in [-0.4, -0.2) is 59.3 Å². The van der Waals surface area contributed by atoms with Crippen molar-refractivity contribution in [1.29, 1.82) is 5.26 Å². The molecule has 1 saturated carbocycles. The Bertz CT molecular complexity index is 1970. The largest absolute Gasteiger partial charge is 0.496 e. The Hall–Kier alpha value is -3.31. The molecule has 13 heteroatoms. The van der Waals surface area contributed by atoms with Gasteiger partial charge in [-0.25, -0.2) is 17.8 Å². The lowest BCUT2D eigenvalue weighted by Crippen LogP contribution is -2.54. The van der Waals surface area contributed by atoms with Crippen LogP contribution in [0.5, 0.6) is 5.75 Å². The molecule has 1 aliphatic carbocycles. The molecule has 0 spiro atoms. The van der Waals surface area contributed by atoms with E-state index in [2.05, 4.69) is 6.07 Å². The second kappa shape index (κ2) is 11.7. The van der Waals surface area contributed by atoms with Crippen LogP contribution in [0.3, 0.4) is 0 Å². The maximum absolute atomic E-state index is 14.5. The number of ketones is 1. The van der Waals surface area contributed by atoms with Crippen LogP contribution in [0.4, 0.5) is 0 Å².